The molecule has 0 atom stereocenters. The van der Waals surface area contributed by atoms with Crippen molar-refractivity contribution in [1.82, 2.24) is 19.4 Å². The highest BCUT2D eigenvalue weighted by atomic mass is 35.5. The molecule has 0 saturated heterocycles. The molecule has 0 radical (unpaired) electrons. The van der Waals surface area contributed by atoms with Gasteiger partial charge in [0.25, 0.3) is 11.5 Å². The van der Waals surface area contributed by atoms with Gasteiger partial charge < -0.3 is 0 Å². The number of carbonyl (C=O) groups excluding carboxylic acids is 1. The highest BCUT2D eigenvalue weighted by molar-refractivity contribution is 6.30. The number of amides is 1. The van der Waals surface area contributed by atoms with E-state index >= 15 is 0 Å². The third-order valence-electron chi connectivity index (χ3n) is 4.25. The van der Waals surface area contributed by atoms with Crippen LogP contribution in [0.4, 0.5) is 0 Å². The van der Waals surface area contributed by atoms with Gasteiger partial charge in [-0.05, 0) is 44.2 Å². The number of hydrogen-bond donors (Lipinski definition) is 1. The van der Waals surface area contributed by atoms with E-state index in [0.29, 0.717) is 21.9 Å². The van der Waals surface area contributed by atoms with Crippen LogP contribution in [0, 0.1) is 13.8 Å². The van der Waals surface area contributed by atoms with E-state index in [1.807, 2.05) is 26.0 Å². The van der Waals surface area contributed by atoms with E-state index < -0.39 is 11.5 Å². The fourth-order valence-electron chi connectivity index (χ4n) is 3.07. The van der Waals surface area contributed by atoms with Crippen molar-refractivity contribution in [3.8, 4) is 5.69 Å². The molecule has 0 aliphatic carbocycles. The van der Waals surface area contributed by atoms with E-state index in [1.165, 1.54) is 17.2 Å². The van der Waals surface area contributed by atoms with E-state index in [0.717, 1.165) is 15.8 Å². The van der Waals surface area contributed by atoms with Gasteiger partial charge in [-0.2, -0.15) is 5.10 Å². The Balaban J connectivity index is 1.71. The average molecular weight is 394 g/mol. The van der Waals surface area contributed by atoms with Crippen molar-refractivity contribution < 1.29 is 4.79 Å². The number of aromatic nitrogens is 4. The zero-order valence-corrected chi connectivity index (χ0v) is 15.9. The highest BCUT2D eigenvalue weighted by Gasteiger charge is 2.14. The highest BCUT2D eigenvalue weighted by Crippen LogP contribution is 2.17. The molecule has 2 aromatic carbocycles. The lowest BCUT2D eigenvalue weighted by Crippen LogP contribution is -2.33. The third kappa shape index (κ3) is 3.27. The van der Waals surface area contributed by atoms with Crippen molar-refractivity contribution in [2.45, 2.75) is 13.8 Å². The van der Waals surface area contributed by atoms with Gasteiger partial charge in [-0.25, -0.2) is 14.3 Å². The summed E-state index contributed by atoms with van der Waals surface area (Å²) in [6.07, 6.45) is 2.69. The summed E-state index contributed by atoms with van der Waals surface area (Å²) in [4.78, 5) is 29.6. The summed E-state index contributed by atoms with van der Waals surface area (Å²) in [5.74, 6) is -0.391. The minimum absolute atomic E-state index is 0.281. The zero-order valence-electron chi connectivity index (χ0n) is 15.2. The van der Waals surface area contributed by atoms with Crippen LogP contribution >= 0.6 is 11.6 Å². The average Bonchev–Trinajstić information content (AvgIpc) is 3.08. The normalized spacial score (nSPS) is 11.0. The van der Waals surface area contributed by atoms with Crippen LogP contribution in [0.15, 0.2) is 59.8 Å². The molecule has 4 rings (SSSR count). The number of rotatable bonds is 3. The molecular weight excluding hydrogens is 378 g/mol. The predicted molar refractivity (Wildman–Crippen MR) is 108 cm³/mol. The lowest BCUT2D eigenvalue weighted by Gasteiger charge is -2.09. The van der Waals surface area contributed by atoms with Gasteiger partial charge in [0, 0.05) is 10.6 Å². The van der Waals surface area contributed by atoms with Gasteiger partial charge >= 0.3 is 0 Å². The summed E-state index contributed by atoms with van der Waals surface area (Å²) in [7, 11) is 0. The Kier molecular flexibility index (Phi) is 4.44. The van der Waals surface area contributed by atoms with Crippen LogP contribution in [0.25, 0.3) is 16.7 Å². The zero-order chi connectivity index (χ0) is 19.8. The largest absolute Gasteiger partial charge is 0.283 e. The van der Waals surface area contributed by atoms with Gasteiger partial charge in [-0.1, -0.05) is 34.9 Å². The number of aryl methyl sites for hydroxylation is 2. The van der Waals surface area contributed by atoms with Gasteiger partial charge in [0.15, 0.2) is 5.65 Å². The van der Waals surface area contributed by atoms with Crippen molar-refractivity contribution in [2.24, 2.45) is 0 Å². The number of fused-ring (bicyclic) bond motifs is 1. The maximum absolute atomic E-state index is 12.8. The molecule has 8 heteroatoms. The monoisotopic (exact) mass is 393 g/mol. The molecule has 0 saturated carbocycles. The minimum Gasteiger partial charge on any atom is -0.267 e. The van der Waals surface area contributed by atoms with E-state index in [-0.39, 0.29) is 5.39 Å². The van der Waals surface area contributed by atoms with Crippen molar-refractivity contribution >= 4 is 28.5 Å². The molecule has 7 nitrogen and oxygen atoms in total. The van der Waals surface area contributed by atoms with Crippen LogP contribution < -0.4 is 11.0 Å². The molecule has 1 amide bonds. The van der Waals surface area contributed by atoms with E-state index in [2.05, 4.69) is 15.5 Å². The lowest BCUT2D eigenvalue weighted by molar-refractivity contribution is 0.101. The summed E-state index contributed by atoms with van der Waals surface area (Å²) < 4.78 is 2.59. The first kappa shape index (κ1) is 17.9. The molecule has 0 unspecified atom stereocenters. The summed E-state index contributed by atoms with van der Waals surface area (Å²) in [6.45, 7) is 3.82. The third-order valence-corrected chi connectivity index (χ3v) is 4.48. The van der Waals surface area contributed by atoms with Crippen molar-refractivity contribution in [3.05, 3.63) is 87.1 Å². The Morgan fingerprint density at radius 3 is 2.57 bits per heavy atom. The number of nitrogens with one attached hydrogen (secondary N) is 1. The van der Waals surface area contributed by atoms with Crippen molar-refractivity contribution in [2.75, 3.05) is 5.43 Å². The first-order chi connectivity index (χ1) is 13.4. The molecular formula is C20H16ClN5O2. The molecule has 1 N–H and O–H groups in total. The van der Waals surface area contributed by atoms with Crippen LogP contribution in [0.2, 0.25) is 5.02 Å². The van der Waals surface area contributed by atoms with Crippen molar-refractivity contribution in [1.29, 1.82) is 0 Å². The summed E-state index contributed by atoms with van der Waals surface area (Å²) in [5.41, 5.74) is 5.63. The molecule has 2 heterocycles. The summed E-state index contributed by atoms with van der Waals surface area (Å²) in [6, 6.07) is 12.6. The maximum Gasteiger partial charge on any atom is 0.283 e. The second-order valence-corrected chi connectivity index (χ2v) is 6.95. The molecule has 0 aliphatic rings. The summed E-state index contributed by atoms with van der Waals surface area (Å²) >= 11 is 6.03. The standard InChI is InChI=1S/C20H16ClN5O2/c1-12-6-13(2)8-14(7-12)19(27)24-25-11-22-18-17(20(25)28)10-23-26(18)16-5-3-4-15(21)9-16/h3-11H,1-2H3,(H,24,27). The fourth-order valence-corrected chi connectivity index (χ4v) is 3.25. The Morgan fingerprint density at radius 1 is 1.11 bits per heavy atom. The van der Waals surface area contributed by atoms with Gasteiger partial charge in [0.1, 0.15) is 11.7 Å². The Labute approximate surface area is 165 Å². The smallest absolute Gasteiger partial charge is 0.267 e. The van der Waals surface area contributed by atoms with Crippen molar-refractivity contribution in [3.63, 3.8) is 0 Å². The SMILES string of the molecule is Cc1cc(C)cc(C(=O)Nn2cnc3c(cnn3-c3cccc(Cl)c3)c2=O)c1. The summed E-state index contributed by atoms with van der Waals surface area (Å²) in [5, 5.41) is 5.07. The van der Waals surface area contributed by atoms with E-state index in [4.69, 9.17) is 11.6 Å². The maximum atomic E-state index is 12.8. The van der Waals surface area contributed by atoms with Crippen LogP contribution in [0.1, 0.15) is 21.5 Å². The number of nitrogens with zero attached hydrogens (tertiary/aromatic N) is 4. The van der Waals surface area contributed by atoms with Crippen LogP contribution in [0.3, 0.4) is 0 Å². The first-order valence-corrected chi connectivity index (χ1v) is 8.91. The molecule has 0 spiro atoms. The fraction of sp³-hybridized carbons (Fsp3) is 0.100. The second-order valence-electron chi connectivity index (χ2n) is 6.51. The van der Waals surface area contributed by atoms with E-state index in [1.54, 1.807) is 30.3 Å². The number of benzene rings is 2. The number of carbonyl (C=O) groups is 1. The number of hydrogen-bond acceptors (Lipinski definition) is 4. The van der Waals surface area contributed by atoms with Gasteiger partial charge in [-0.15, -0.1) is 0 Å². The predicted octanol–water partition coefficient (Wildman–Crippen LogP) is 3.24. The van der Waals surface area contributed by atoms with Gasteiger partial charge in [0.2, 0.25) is 0 Å². The number of halogens is 1. The molecule has 0 aliphatic heterocycles. The topological polar surface area (TPSA) is 81.8 Å². The Bertz CT molecular complexity index is 1260. The minimum atomic E-state index is -0.420. The molecule has 2 aromatic heterocycles. The van der Waals surface area contributed by atoms with Crippen LogP contribution in [-0.2, 0) is 0 Å². The Morgan fingerprint density at radius 2 is 1.86 bits per heavy atom. The van der Waals surface area contributed by atoms with Crippen LogP contribution in [-0.4, -0.2) is 25.3 Å². The van der Waals surface area contributed by atoms with E-state index in [9.17, 15) is 9.59 Å². The molecule has 0 fully saturated rings. The van der Waals surface area contributed by atoms with Gasteiger partial charge in [-0.3, -0.25) is 15.0 Å². The molecule has 28 heavy (non-hydrogen) atoms. The quantitative estimate of drug-likeness (QED) is 0.579. The molecule has 4 aromatic rings. The van der Waals surface area contributed by atoms with Gasteiger partial charge in [0.05, 0.1) is 11.9 Å². The lowest BCUT2D eigenvalue weighted by atomic mass is 10.1. The second kappa shape index (κ2) is 6.94. The van der Waals surface area contributed by atoms with Crippen LogP contribution in [0.5, 0.6) is 0 Å². The molecule has 0 bridgehead atoms. The molecule has 140 valence electrons. The first-order valence-electron chi connectivity index (χ1n) is 8.53. The Hall–Kier alpha value is -3.45.